The molecule has 0 radical (unpaired) electrons. The molecule has 2 aromatic rings. The molecule has 19 heavy (non-hydrogen) atoms. The number of thioether (sulfide) groups is 1. The van der Waals surface area contributed by atoms with Crippen molar-refractivity contribution in [3.8, 4) is 5.75 Å². The lowest BCUT2D eigenvalue weighted by atomic mass is 10.3. The lowest BCUT2D eigenvalue weighted by Gasteiger charge is -2.13. The summed E-state index contributed by atoms with van der Waals surface area (Å²) in [7, 11) is 0. The fourth-order valence-corrected chi connectivity index (χ4v) is 2.39. The average molecular weight is 275 g/mol. The summed E-state index contributed by atoms with van der Waals surface area (Å²) in [5.74, 6) is 1.21. The van der Waals surface area contributed by atoms with Crippen LogP contribution in [0, 0.1) is 0 Å². The second kappa shape index (κ2) is 7.07. The summed E-state index contributed by atoms with van der Waals surface area (Å²) < 4.78 is 5.50. The Balaban J connectivity index is 1.76. The molecule has 0 aliphatic heterocycles. The number of nitrogens with two attached hydrogens (primary N) is 1. The van der Waals surface area contributed by atoms with Gasteiger partial charge in [0.25, 0.3) is 0 Å². The zero-order chi connectivity index (χ0) is 13.5. The van der Waals surface area contributed by atoms with Crippen LogP contribution in [0.5, 0.6) is 5.75 Å². The molecule has 0 bridgehead atoms. The van der Waals surface area contributed by atoms with Crippen LogP contribution in [0.1, 0.15) is 0 Å². The Morgan fingerprint density at radius 1 is 1.05 bits per heavy atom. The Hall–Kier alpha value is -1.65. The van der Waals surface area contributed by atoms with Crippen LogP contribution in [-0.2, 0) is 0 Å². The van der Waals surface area contributed by atoms with Crippen LogP contribution in [0.2, 0.25) is 0 Å². The van der Waals surface area contributed by atoms with E-state index in [1.165, 1.54) is 0 Å². The van der Waals surface area contributed by atoms with Gasteiger partial charge in [0.05, 0.1) is 11.8 Å². The van der Waals surface area contributed by atoms with Crippen LogP contribution in [-0.4, -0.2) is 23.6 Å². The zero-order valence-corrected chi connectivity index (χ0v) is 11.3. The Morgan fingerprint density at radius 3 is 2.47 bits per heavy atom. The molecule has 1 unspecified atom stereocenters. The molecule has 3 N–H and O–H groups in total. The molecule has 2 aromatic carbocycles. The predicted octanol–water partition coefficient (Wildman–Crippen LogP) is 2.80. The van der Waals surface area contributed by atoms with Crippen molar-refractivity contribution in [3.63, 3.8) is 0 Å². The first-order valence-electron chi connectivity index (χ1n) is 6.09. The number of aliphatic hydroxyl groups excluding tert-OH is 1. The molecule has 0 spiro atoms. The van der Waals surface area contributed by atoms with Crippen LogP contribution in [0.25, 0.3) is 0 Å². The third-order valence-corrected chi connectivity index (χ3v) is 3.69. The van der Waals surface area contributed by atoms with Gasteiger partial charge in [0.2, 0.25) is 0 Å². The van der Waals surface area contributed by atoms with Gasteiger partial charge in [0.1, 0.15) is 12.4 Å². The van der Waals surface area contributed by atoms with Crippen LogP contribution >= 0.6 is 11.8 Å². The number of ether oxygens (including phenoxy) is 1. The van der Waals surface area contributed by atoms with Crippen molar-refractivity contribution in [3.05, 3.63) is 54.6 Å². The van der Waals surface area contributed by atoms with E-state index in [-0.39, 0.29) is 6.61 Å². The molecule has 0 fully saturated rings. The molecule has 4 heteroatoms. The fourth-order valence-electron chi connectivity index (χ4n) is 1.56. The second-order valence-corrected chi connectivity index (χ2v) is 5.22. The number of hydrogen-bond donors (Lipinski definition) is 2. The summed E-state index contributed by atoms with van der Waals surface area (Å²) in [6.45, 7) is 0.244. The van der Waals surface area contributed by atoms with Crippen LogP contribution in [0.3, 0.4) is 0 Å². The first-order chi connectivity index (χ1) is 9.25. The number of anilines is 1. The maximum atomic E-state index is 9.88. The molecule has 0 saturated carbocycles. The normalized spacial score (nSPS) is 12.1. The monoisotopic (exact) mass is 275 g/mol. The molecule has 0 aliphatic rings. The van der Waals surface area contributed by atoms with Gasteiger partial charge in [-0.1, -0.05) is 30.3 Å². The van der Waals surface area contributed by atoms with E-state index >= 15 is 0 Å². The first kappa shape index (κ1) is 13.8. The second-order valence-electron chi connectivity index (χ2n) is 4.13. The van der Waals surface area contributed by atoms with Gasteiger partial charge >= 0.3 is 0 Å². The van der Waals surface area contributed by atoms with E-state index in [2.05, 4.69) is 0 Å². The van der Waals surface area contributed by atoms with Crippen molar-refractivity contribution in [2.24, 2.45) is 0 Å². The predicted molar refractivity (Wildman–Crippen MR) is 79.5 cm³/mol. The molecular weight excluding hydrogens is 258 g/mol. The van der Waals surface area contributed by atoms with E-state index in [4.69, 9.17) is 10.5 Å². The smallest absolute Gasteiger partial charge is 0.142 e. The molecule has 0 aliphatic carbocycles. The number of para-hydroxylation sites is 2. The van der Waals surface area contributed by atoms with Gasteiger partial charge in [-0.3, -0.25) is 0 Å². The lowest BCUT2D eigenvalue weighted by Crippen LogP contribution is -2.20. The number of benzene rings is 2. The van der Waals surface area contributed by atoms with Crippen molar-refractivity contribution in [1.82, 2.24) is 0 Å². The van der Waals surface area contributed by atoms with Gasteiger partial charge in [0.15, 0.2) is 0 Å². The van der Waals surface area contributed by atoms with E-state index in [1.807, 2.05) is 42.5 Å². The largest absolute Gasteiger partial charge is 0.489 e. The van der Waals surface area contributed by atoms with Crippen molar-refractivity contribution in [2.75, 3.05) is 18.1 Å². The maximum Gasteiger partial charge on any atom is 0.142 e. The highest BCUT2D eigenvalue weighted by atomic mass is 32.2. The van der Waals surface area contributed by atoms with Crippen LogP contribution in [0.15, 0.2) is 59.5 Å². The molecule has 0 aromatic heterocycles. The van der Waals surface area contributed by atoms with Gasteiger partial charge in [-0.25, -0.2) is 0 Å². The molecule has 3 nitrogen and oxygen atoms in total. The number of rotatable bonds is 6. The van der Waals surface area contributed by atoms with E-state index in [9.17, 15) is 5.11 Å². The Bertz CT molecular complexity index is 505. The lowest BCUT2D eigenvalue weighted by molar-refractivity contribution is 0.127. The highest BCUT2D eigenvalue weighted by Gasteiger charge is 2.07. The highest BCUT2D eigenvalue weighted by Crippen LogP contribution is 2.21. The van der Waals surface area contributed by atoms with Gasteiger partial charge in [-0.05, 0) is 24.3 Å². The van der Waals surface area contributed by atoms with E-state index in [0.717, 1.165) is 4.90 Å². The van der Waals surface area contributed by atoms with Gasteiger partial charge in [-0.2, -0.15) is 0 Å². The molecular formula is C15H17NO2S. The maximum absolute atomic E-state index is 9.88. The third-order valence-electron chi connectivity index (χ3n) is 2.54. The topological polar surface area (TPSA) is 55.5 Å². The van der Waals surface area contributed by atoms with Crippen molar-refractivity contribution >= 4 is 17.4 Å². The minimum atomic E-state index is -0.523. The third kappa shape index (κ3) is 4.50. The summed E-state index contributed by atoms with van der Waals surface area (Å²) in [4.78, 5) is 1.14. The Kier molecular flexibility index (Phi) is 5.12. The van der Waals surface area contributed by atoms with Gasteiger partial charge in [0, 0.05) is 10.6 Å². The number of hydrogen-bond acceptors (Lipinski definition) is 4. The van der Waals surface area contributed by atoms with Crippen molar-refractivity contribution in [1.29, 1.82) is 0 Å². The average Bonchev–Trinajstić information content (AvgIpc) is 2.45. The molecule has 0 heterocycles. The van der Waals surface area contributed by atoms with Gasteiger partial charge < -0.3 is 15.6 Å². The standard InChI is InChI=1S/C15H17NO2S/c16-14-8-4-5-9-15(14)18-10-12(17)11-19-13-6-2-1-3-7-13/h1-9,12,17H,10-11,16H2. The van der Waals surface area contributed by atoms with Crippen molar-refractivity contribution < 1.29 is 9.84 Å². The molecule has 0 saturated heterocycles. The zero-order valence-electron chi connectivity index (χ0n) is 10.5. The van der Waals surface area contributed by atoms with E-state index < -0.39 is 6.10 Å². The Labute approximate surface area is 117 Å². The summed E-state index contributed by atoms with van der Waals surface area (Å²) in [6.07, 6.45) is -0.523. The number of aliphatic hydroxyl groups is 1. The highest BCUT2D eigenvalue weighted by molar-refractivity contribution is 7.99. The minimum absolute atomic E-state index is 0.244. The molecule has 1 atom stereocenters. The number of nitrogen functional groups attached to an aromatic ring is 1. The quantitative estimate of drug-likeness (QED) is 0.629. The van der Waals surface area contributed by atoms with E-state index in [0.29, 0.717) is 17.2 Å². The fraction of sp³-hybridized carbons (Fsp3) is 0.200. The summed E-state index contributed by atoms with van der Waals surface area (Å²) in [5, 5.41) is 9.88. The van der Waals surface area contributed by atoms with Gasteiger partial charge in [-0.15, -0.1) is 11.8 Å². The molecule has 0 amide bonds. The Morgan fingerprint density at radius 2 is 1.74 bits per heavy atom. The summed E-state index contributed by atoms with van der Waals surface area (Å²) >= 11 is 1.61. The molecule has 100 valence electrons. The van der Waals surface area contributed by atoms with Crippen LogP contribution in [0.4, 0.5) is 5.69 Å². The SMILES string of the molecule is Nc1ccccc1OCC(O)CSc1ccccc1. The summed E-state index contributed by atoms with van der Waals surface area (Å²) in [6, 6.07) is 17.3. The van der Waals surface area contributed by atoms with Crippen molar-refractivity contribution in [2.45, 2.75) is 11.0 Å². The summed E-state index contributed by atoms with van der Waals surface area (Å²) in [5.41, 5.74) is 6.35. The molecule has 2 rings (SSSR count). The first-order valence-corrected chi connectivity index (χ1v) is 7.07. The van der Waals surface area contributed by atoms with E-state index in [1.54, 1.807) is 23.9 Å². The van der Waals surface area contributed by atoms with Crippen LogP contribution < -0.4 is 10.5 Å². The minimum Gasteiger partial charge on any atom is -0.489 e.